The molecule has 0 saturated heterocycles. The molecule has 0 bridgehead atoms. The van der Waals surface area contributed by atoms with E-state index < -0.39 is 0 Å². The van der Waals surface area contributed by atoms with Crippen LogP contribution in [0, 0.1) is 0 Å². The average Bonchev–Trinajstić information content (AvgIpc) is 3.08. The molecule has 1 aliphatic heterocycles. The molecular formula is C16H17N3O3. The lowest BCUT2D eigenvalue weighted by Gasteiger charge is -2.03. The Kier molecular flexibility index (Phi) is 3.66. The maximum Gasteiger partial charge on any atom is 0.255 e. The number of benzene rings is 1. The molecule has 2 heterocycles. The van der Waals surface area contributed by atoms with Crippen molar-refractivity contribution in [3.05, 3.63) is 35.6 Å². The molecule has 114 valence electrons. The number of hydrogen-bond acceptors (Lipinski definition) is 4. The Morgan fingerprint density at radius 3 is 2.95 bits per heavy atom. The summed E-state index contributed by atoms with van der Waals surface area (Å²) in [5.41, 5.74) is 3.00. The highest BCUT2D eigenvalue weighted by Crippen LogP contribution is 2.22. The lowest BCUT2D eigenvalue weighted by molar-refractivity contribution is -0.127. The molecule has 1 aromatic heterocycles. The van der Waals surface area contributed by atoms with Crippen LogP contribution in [0.1, 0.15) is 29.3 Å². The fourth-order valence-corrected chi connectivity index (χ4v) is 2.44. The van der Waals surface area contributed by atoms with Crippen LogP contribution < -0.4 is 5.32 Å². The number of nitrogens with one attached hydrogen (secondary N) is 1. The first-order chi connectivity index (χ1) is 10.6. The van der Waals surface area contributed by atoms with Crippen molar-refractivity contribution in [2.45, 2.75) is 19.8 Å². The highest BCUT2D eigenvalue weighted by atomic mass is 16.3. The van der Waals surface area contributed by atoms with E-state index in [0.717, 1.165) is 17.4 Å². The number of hydrogen-bond donors (Lipinski definition) is 1. The molecular weight excluding hydrogens is 282 g/mol. The summed E-state index contributed by atoms with van der Waals surface area (Å²) in [5, 5.41) is 8.96. The van der Waals surface area contributed by atoms with Gasteiger partial charge >= 0.3 is 0 Å². The number of fused-ring (bicyclic) bond motifs is 1. The minimum Gasteiger partial charge on any atom is -0.463 e. The first kappa shape index (κ1) is 14.3. The molecule has 0 spiro atoms. The van der Waals surface area contributed by atoms with Crippen molar-refractivity contribution in [2.24, 2.45) is 5.10 Å². The van der Waals surface area contributed by atoms with E-state index in [1.54, 1.807) is 7.05 Å². The van der Waals surface area contributed by atoms with E-state index >= 15 is 0 Å². The molecule has 1 aromatic carbocycles. The van der Waals surface area contributed by atoms with Gasteiger partial charge in [0.1, 0.15) is 11.8 Å². The van der Waals surface area contributed by atoms with E-state index in [9.17, 15) is 9.59 Å². The number of nitrogens with zero attached hydrogens (tertiary/aromatic N) is 2. The fraction of sp³-hybridized carbons (Fsp3) is 0.312. The van der Waals surface area contributed by atoms with E-state index in [4.69, 9.17) is 4.42 Å². The standard InChI is InChI=1S/C16H17N3O3/c1-3-10-4-5-14-12(6-10)13(9-22-14)16(21)17-8-11-7-15(20)19(2)18-11/h4-6,9H,3,7-8H2,1-2H3,(H,17,21). The van der Waals surface area contributed by atoms with Crippen LogP contribution in [0.4, 0.5) is 0 Å². The van der Waals surface area contributed by atoms with E-state index in [1.807, 2.05) is 18.2 Å². The number of furan rings is 1. The van der Waals surface area contributed by atoms with E-state index in [0.29, 0.717) is 16.9 Å². The van der Waals surface area contributed by atoms with Gasteiger partial charge in [0.05, 0.1) is 24.2 Å². The molecule has 1 N–H and O–H groups in total. The number of amides is 2. The normalized spacial score (nSPS) is 14.5. The lowest BCUT2D eigenvalue weighted by atomic mass is 10.1. The Bertz CT molecular complexity index is 776. The van der Waals surface area contributed by atoms with Crippen LogP contribution in [0.15, 0.2) is 34.0 Å². The van der Waals surface area contributed by atoms with Gasteiger partial charge in [-0.2, -0.15) is 5.10 Å². The van der Waals surface area contributed by atoms with Gasteiger partial charge in [-0.1, -0.05) is 13.0 Å². The monoisotopic (exact) mass is 299 g/mol. The van der Waals surface area contributed by atoms with Crippen LogP contribution in [0.2, 0.25) is 0 Å². The molecule has 0 fully saturated rings. The van der Waals surface area contributed by atoms with Crippen LogP contribution in [0.3, 0.4) is 0 Å². The van der Waals surface area contributed by atoms with Gasteiger partial charge in [0.25, 0.3) is 5.91 Å². The van der Waals surface area contributed by atoms with E-state index in [-0.39, 0.29) is 24.8 Å². The maximum absolute atomic E-state index is 12.3. The summed E-state index contributed by atoms with van der Waals surface area (Å²) < 4.78 is 5.42. The van der Waals surface area contributed by atoms with Crippen molar-refractivity contribution < 1.29 is 14.0 Å². The van der Waals surface area contributed by atoms with Crippen molar-refractivity contribution in [1.82, 2.24) is 10.3 Å². The molecule has 2 amide bonds. The molecule has 22 heavy (non-hydrogen) atoms. The van der Waals surface area contributed by atoms with Crippen molar-refractivity contribution >= 4 is 28.5 Å². The number of rotatable bonds is 4. The predicted octanol–water partition coefficient (Wildman–Crippen LogP) is 1.94. The molecule has 0 atom stereocenters. The molecule has 1 aliphatic rings. The van der Waals surface area contributed by atoms with Gasteiger partial charge < -0.3 is 9.73 Å². The first-order valence-electron chi connectivity index (χ1n) is 7.19. The largest absolute Gasteiger partial charge is 0.463 e. The molecule has 6 nitrogen and oxygen atoms in total. The Hall–Kier alpha value is -2.63. The lowest BCUT2D eigenvalue weighted by Crippen LogP contribution is -2.29. The highest BCUT2D eigenvalue weighted by molar-refractivity contribution is 6.10. The molecule has 0 aliphatic carbocycles. The van der Waals surface area contributed by atoms with Crippen molar-refractivity contribution in [3.8, 4) is 0 Å². The van der Waals surface area contributed by atoms with Gasteiger partial charge in [0, 0.05) is 12.4 Å². The summed E-state index contributed by atoms with van der Waals surface area (Å²) in [6, 6.07) is 5.83. The number of carbonyl (C=O) groups is 2. The smallest absolute Gasteiger partial charge is 0.255 e. The Balaban J connectivity index is 1.75. The van der Waals surface area contributed by atoms with E-state index in [1.165, 1.54) is 11.3 Å². The summed E-state index contributed by atoms with van der Waals surface area (Å²) in [5.74, 6) is -0.290. The molecule has 3 rings (SSSR count). The topological polar surface area (TPSA) is 74.9 Å². The summed E-state index contributed by atoms with van der Waals surface area (Å²) in [6.45, 7) is 2.32. The zero-order valence-electron chi connectivity index (χ0n) is 12.5. The van der Waals surface area contributed by atoms with Crippen LogP contribution >= 0.6 is 0 Å². The fourth-order valence-electron chi connectivity index (χ4n) is 2.44. The zero-order chi connectivity index (χ0) is 15.7. The molecule has 0 saturated carbocycles. The molecule has 0 radical (unpaired) electrons. The molecule has 2 aromatic rings. The maximum atomic E-state index is 12.3. The third kappa shape index (κ3) is 2.59. The van der Waals surface area contributed by atoms with Gasteiger partial charge in [-0.05, 0) is 24.1 Å². The average molecular weight is 299 g/mol. The van der Waals surface area contributed by atoms with Crippen LogP contribution in [0.5, 0.6) is 0 Å². The zero-order valence-corrected chi connectivity index (χ0v) is 12.5. The number of carbonyl (C=O) groups excluding carboxylic acids is 2. The van der Waals surface area contributed by atoms with Gasteiger partial charge in [-0.3, -0.25) is 9.59 Å². The first-order valence-corrected chi connectivity index (χ1v) is 7.19. The van der Waals surface area contributed by atoms with Crippen molar-refractivity contribution in [2.75, 3.05) is 13.6 Å². The number of hydrazone groups is 1. The van der Waals surface area contributed by atoms with E-state index in [2.05, 4.69) is 17.3 Å². The van der Waals surface area contributed by atoms with Crippen LogP contribution in [-0.2, 0) is 11.2 Å². The minimum atomic E-state index is -0.225. The van der Waals surface area contributed by atoms with Crippen LogP contribution in [0.25, 0.3) is 11.0 Å². The summed E-state index contributed by atoms with van der Waals surface area (Å²) >= 11 is 0. The van der Waals surface area contributed by atoms with Gasteiger partial charge in [0.2, 0.25) is 5.91 Å². The quantitative estimate of drug-likeness (QED) is 0.937. The van der Waals surface area contributed by atoms with Crippen molar-refractivity contribution in [3.63, 3.8) is 0 Å². The summed E-state index contributed by atoms with van der Waals surface area (Å²) in [7, 11) is 1.60. The van der Waals surface area contributed by atoms with Crippen LogP contribution in [-0.4, -0.2) is 36.1 Å². The van der Waals surface area contributed by atoms with Gasteiger partial charge in [-0.25, -0.2) is 5.01 Å². The molecule has 6 heteroatoms. The Morgan fingerprint density at radius 2 is 2.27 bits per heavy atom. The van der Waals surface area contributed by atoms with Crippen molar-refractivity contribution in [1.29, 1.82) is 0 Å². The highest BCUT2D eigenvalue weighted by Gasteiger charge is 2.21. The second-order valence-corrected chi connectivity index (χ2v) is 5.28. The Labute approximate surface area is 127 Å². The minimum absolute atomic E-state index is 0.0643. The predicted molar refractivity (Wildman–Crippen MR) is 82.7 cm³/mol. The third-order valence-corrected chi connectivity index (χ3v) is 3.75. The second-order valence-electron chi connectivity index (χ2n) is 5.28. The third-order valence-electron chi connectivity index (χ3n) is 3.75. The summed E-state index contributed by atoms with van der Waals surface area (Å²) in [6.07, 6.45) is 2.61. The van der Waals surface area contributed by atoms with Gasteiger partial charge in [0.15, 0.2) is 0 Å². The second kappa shape index (κ2) is 5.63. The Morgan fingerprint density at radius 1 is 1.45 bits per heavy atom. The SMILES string of the molecule is CCc1ccc2occ(C(=O)NCC3=NN(C)C(=O)C3)c2c1. The summed E-state index contributed by atoms with van der Waals surface area (Å²) in [4.78, 5) is 23.7. The van der Waals surface area contributed by atoms with Gasteiger partial charge in [-0.15, -0.1) is 0 Å². The number of aryl methyl sites for hydroxylation is 1. The molecule has 0 unspecified atom stereocenters.